The van der Waals surface area contributed by atoms with E-state index < -0.39 is 0 Å². The van der Waals surface area contributed by atoms with Crippen molar-refractivity contribution in [1.82, 2.24) is 4.98 Å². The van der Waals surface area contributed by atoms with E-state index in [9.17, 15) is 10.1 Å². The fourth-order valence-corrected chi connectivity index (χ4v) is 2.32. The topological polar surface area (TPSA) is 66.2 Å². The number of ether oxygens (including phenoxy) is 1. The van der Waals surface area contributed by atoms with E-state index in [-0.39, 0.29) is 12.5 Å². The number of aryl methyl sites for hydroxylation is 2. The number of esters is 1. The van der Waals surface area contributed by atoms with E-state index in [1.807, 2.05) is 24.8 Å². The quantitative estimate of drug-likeness (QED) is 0.769. The van der Waals surface area contributed by atoms with E-state index in [4.69, 9.17) is 4.74 Å². The smallest absolute Gasteiger partial charge is 0.325 e. The third-order valence-corrected chi connectivity index (χ3v) is 3.32. The maximum atomic E-state index is 11.8. The number of hydrogen-bond acceptors (Lipinski definition) is 5. The Morgan fingerprint density at radius 3 is 2.80 bits per heavy atom. The molecule has 1 aromatic rings. The van der Waals surface area contributed by atoms with E-state index in [1.165, 1.54) is 0 Å². The first-order chi connectivity index (χ1) is 9.56. The Bertz CT molecular complexity index is 559. The van der Waals surface area contributed by atoms with Crippen molar-refractivity contribution in [2.24, 2.45) is 0 Å². The molecular formula is C15H19N3O2. The second-order valence-electron chi connectivity index (χ2n) is 5.02. The zero-order valence-corrected chi connectivity index (χ0v) is 12.1. The van der Waals surface area contributed by atoms with Crippen molar-refractivity contribution in [2.45, 2.75) is 39.7 Å². The zero-order chi connectivity index (χ0) is 14.7. The average Bonchev–Trinajstić information content (AvgIpc) is 3.19. The highest BCUT2D eigenvalue weighted by molar-refractivity contribution is 5.78. The van der Waals surface area contributed by atoms with Crippen LogP contribution >= 0.6 is 0 Å². The summed E-state index contributed by atoms with van der Waals surface area (Å²) in [5, 5.41) is 9.35. The first-order valence-corrected chi connectivity index (χ1v) is 6.87. The Kier molecular flexibility index (Phi) is 4.23. The summed E-state index contributed by atoms with van der Waals surface area (Å²) in [6.45, 7) is 6.07. The molecule has 106 valence electrons. The Hall–Kier alpha value is -2.09. The summed E-state index contributed by atoms with van der Waals surface area (Å²) < 4.78 is 5.03. The maximum Gasteiger partial charge on any atom is 0.325 e. The molecule has 1 saturated carbocycles. The normalized spacial score (nSPS) is 13.7. The van der Waals surface area contributed by atoms with E-state index in [0.29, 0.717) is 23.9 Å². The first kappa shape index (κ1) is 14.3. The molecule has 2 rings (SSSR count). The summed E-state index contributed by atoms with van der Waals surface area (Å²) >= 11 is 0. The van der Waals surface area contributed by atoms with Crippen molar-refractivity contribution in [3.05, 3.63) is 23.0 Å². The van der Waals surface area contributed by atoms with E-state index in [2.05, 4.69) is 11.1 Å². The largest absolute Gasteiger partial charge is 0.465 e. The predicted octanol–water partition coefficient (Wildman–Crippen LogP) is 2.10. The van der Waals surface area contributed by atoms with Crippen LogP contribution in [0.5, 0.6) is 0 Å². The second-order valence-corrected chi connectivity index (χ2v) is 5.02. The first-order valence-electron chi connectivity index (χ1n) is 6.87. The molecule has 1 aromatic heterocycles. The second kappa shape index (κ2) is 5.91. The lowest BCUT2D eigenvalue weighted by Crippen LogP contribution is -2.33. The molecule has 5 nitrogen and oxygen atoms in total. The Morgan fingerprint density at radius 1 is 1.55 bits per heavy atom. The lowest BCUT2D eigenvalue weighted by Gasteiger charge is -2.25. The molecule has 0 radical (unpaired) electrons. The molecule has 0 aliphatic heterocycles. The Labute approximate surface area is 119 Å². The number of hydrogen-bond donors (Lipinski definition) is 0. The molecule has 1 aliphatic rings. The minimum atomic E-state index is -0.254. The summed E-state index contributed by atoms with van der Waals surface area (Å²) in [5.41, 5.74) is 2.91. The third-order valence-electron chi connectivity index (χ3n) is 3.32. The van der Waals surface area contributed by atoms with Crippen LogP contribution < -0.4 is 4.90 Å². The molecular weight excluding hydrogens is 254 g/mol. The highest BCUT2D eigenvalue weighted by Gasteiger charge is 2.32. The van der Waals surface area contributed by atoms with Gasteiger partial charge in [-0.15, -0.1) is 0 Å². The van der Waals surface area contributed by atoms with Crippen molar-refractivity contribution in [3.8, 4) is 6.07 Å². The van der Waals surface area contributed by atoms with Gasteiger partial charge in [0.05, 0.1) is 23.6 Å². The number of anilines is 1. The van der Waals surface area contributed by atoms with Gasteiger partial charge in [-0.1, -0.05) is 0 Å². The van der Waals surface area contributed by atoms with Crippen molar-refractivity contribution in [2.75, 3.05) is 18.1 Å². The van der Waals surface area contributed by atoms with Gasteiger partial charge in [0.2, 0.25) is 0 Å². The van der Waals surface area contributed by atoms with Gasteiger partial charge >= 0.3 is 5.97 Å². The fourth-order valence-electron chi connectivity index (χ4n) is 2.32. The molecule has 0 saturated heterocycles. The van der Waals surface area contributed by atoms with Crippen LogP contribution in [0.3, 0.4) is 0 Å². The number of carbonyl (C=O) groups is 1. The van der Waals surface area contributed by atoms with Gasteiger partial charge in [-0.3, -0.25) is 9.78 Å². The van der Waals surface area contributed by atoms with Crippen LogP contribution in [0.4, 0.5) is 5.69 Å². The monoisotopic (exact) mass is 273 g/mol. The molecule has 1 fully saturated rings. The summed E-state index contributed by atoms with van der Waals surface area (Å²) in [6, 6.07) is 4.41. The van der Waals surface area contributed by atoms with Crippen molar-refractivity contribution < 1.29 is 9.53 Å². The Balaban J connectivity index is 2.34. The number of nitriles is 1. The summed E-state index contributed by atoms with van der Waals surface area (Å²) in [6.07, 6.45) is 2.09. The lowest BCUT2D eigenvalue weighted by atomic mass is 10.1. The minimum Gasteiger partial charge on any atom is -0.465 e. The van der Waals surface area contributed by atoms with Crippen LogP contribution in [-0.2, 0) is 9.53 Å². The van der Waals surface area contributed by atoms with Gasteiger partial charge in [0.25, 0.3) is 0 Å². The average molecular weight is 273 g/mol. The Morgan fingerprint density at radius 2 is 2.25 bits per heavy atom. The third kappa shape index (κ3) is 3.08. The van der Waals surface area contributed by atoms with Gasteiger partial charge in [-0.25, -0.2) is 0 Å². The van der Waals surface area contributed by atoms with Gasteiger partial charge in [0.1, 0.15) is 12.6 Å². The van der Waals surface area contributed by atoms with Crippen molar-refractivity contribution in [1.29, 1.82) is 5.26 Å². The van der Waals surface area contributed by atoms with Gasteiger partial charge in [0.15, 0.2) is 0 Å². The molecule has 0 bridgehead atoms. The van der Waals surface area contributed by atoms with E-state index >= 15 is 0 Å². The van der Waals surface area contributed by atoms with Gasteiger partial charge in [0, 0.05) is 11.7 Å². The van der Waals surface area contributed by atoms with Crippen LogP contribution in [-0.4, -0.2) is 30.1 Å². The zero-order valence-electron chi connectivity index (χ0n) is 12.1. The van der Waals surface area contributed by atoms with Crippen LogP contribution in [0.1, 0.15) is 36.7 Å². The molecule has 1 aliphatic carbocycles. The number of aromatic nitrogens is 1. The summed E-state index contributed by atoms with van der Waals surface area (Å²) in [7, 11) is 0. The van der Waals surface area contributed by atoms with E-state index in [0.717, 1.165) is 24.2 Å². The van der Waals surface area contributed by atoms with Crippen LogP contribution in [0.2, 0.25) is 0 Å². The molecule has 0 aromatic carbocycles. The molecule has 0 amide bonds. The molecule has 20 heavy (non-hydrogen) atoms. The fraction of sp³-hybridized carbons (Fsp3) is 0.533. The lowest BCUT2D eigenvalue weighted by molar-refractivity contribution is -0.141. The standard InChI is InChI=1S/C15H19N3O2/c1-4-20-15(19)9-18(12-5-6-12)14-7-10(2)17-11(3)13(14)8-16/h7,12H,4-6,9H2,1-3H3. The number of carbonyl (C=O) groups excluding carboxylic acids is 1. The number of rotatable bonds is 5. The van der Waals surface area contributed by atoms with Crippen LogP contribution in [0, 0.1) is 25.2 Å². The van der Waals surface area contributed by atoms with Crippen LogP contribution in [0.25, 0.3) is 0 Å². The SMILES string of the molecule is CCOC(=O)CN(c1cc(C)nc(C)c1C#N)C1CC1. The number of pyridine rings is 1. The predicted molar refractivity (Wildman–Crippen MR) is 75.4 cm³/mol. The molecule has 5 heteroatoms. The van der Waals surface area contributed by atoms with Crippen molar-refractivity contribution in [3.63, 3.8) is 0 Å². The van der Waals surface area contributed by atoms with Crippen LogP contribution in [0.15, 0.2) is 6.07 Å². The van der Waals surface area contributed by atoms with Gasteiger partial charge < -0.3 is 9.64 Å². The maximum absolute atomic E-state index is 11.8. The van der Waals surface area contributed by atoms with Crippen molar-refractivity contribution >= 4 is 11.7 Å². The molecule has 0 N–H and O–H groups in total. The molecule has 0 unspecified atom stereocenters. The van der Waals surface area contributed by atoms with Gasteiger partial charge in [-0.05, 0) is 39.7 Å². The minimum absolute atomic E-state index is 0.191. The summed E-state index contributed by atoms with van der Waals surface area (Å²) in [4.78, 5) is 18.1. The summed E-state index contributed by atoms with van der Waals surface area (Å²) in [5.74, 6) is -0.254. The molecule has 0 atom stereocenters. The molecule has 0 spiro atoms. The molecule has 1 heterocycles. The van der Waals surface area contributed by atoms with E-state index in [1.54, 1.807) is 6.92 Å². The number of nitrogens with zero attached hydrogens (tertiary/aromatic N) is 3. The highest BCUT2D eigenvalue weighted by atomic mass is 16.5. The highest BCUT2D eigenvalue weighted by Crippen LogP contribution is 2.34. The van der Waals surface area contributed by atoms with Gasteiger partial charge in [-0.2, -0.15) is 5.26 Å².